The van der Waals surface area contributed by atoms with Crippen LogP contribution in [-0.2, 0) is 0 Å². The van der Waals surface area contributed by atoms with E-state index in [4.69, 9.17) is 0 Å². The molecule has 2 N–H and O–H groups in total. The Bertz CT molecular complexity index is 287. The number of likely N-dealkylation sites (tertiary alicyclic amines) is 1. The Balaban J connectivity index is 1.89. The van der Waals surface area contributed by atoms with Gasteiger partial charge in [-0.2, -0.15) is 0 Å². The summed E-state index contributed by atoms with van der Waals surface area (Å²) in [6, 6.07) is 0.682. The summed E-state index contributed by atoms with van der Waals surface area (Å²) >= 11 is 0. The highest BCUT2D eigenvalue weighted by Gasteiger charge is 2.45. The number of aliphatic hydroxyl groups excluding tert-OH is 1. The van der Waals surface area contributed by atoms with E-state index in [1.54, 1.807) is 0 Å². The van der Waals surface area contributed by atoms with Crippen LogP contribution < -0.4 is 5.32 Å². The van der Waals surface area contributed by atoms with Crippen LogP contribution in [0.4, 0.5) is 0 Å². The van der Waals surface area contributed by atoms with Gasteiger partial charge in [-0.05, 0) is 64.8 Å². The molecule has 2 fully saturated rings. The van der Waals surface area contributed by atoms with Crippen LogP contribution in [0.15, 0.2) is 0 Å². The van der Waals surface area contributed by atoms with Crippen molar-refractivity contribution >= 4 is 0 Å². The fourth-order valence-electron chi connectivity index (χ4n) is 3.80. The number of nitrogens with zero attached hydrogens (tertiary/aromatic N) is 2. The lowest BCUT2D eigenvalue weighted by Gasteiger charge is -2.42. The molecule has 0 amide bonds. The Morgan fingerprint density at radius 1 is 1.20 bits per heavy atom. The molecule has 4 nitrogen and oxygen atoms in total. The van der Waals surface area contributed by atoms with E-state index in [0.29, 0.717) is 12.0 Å². The van der Waals surface area contributed by atoms with Gasteiger partial charge in [0.2, 0.25) is 0 Å². The molecule has 1 atom stereocenters. The fraction of sp³-hybridized carbons (Fsp3) is 1.00. The maximum atomic E-state index is 9.95. The molecule has 1 saturated heterocycles. The molecular formula is C16H33N3O. The van der Waals surface area contributed by atoms with Crippen molar-refractivity contribution in [1.82, 2.24) is 15.1 Å². The summed E-state index contributed by atoms with van der Waals surface area (Å²) in [5.41, 5.74) is -0.0641. The summed E-state index contributed by atoms with van der Waals surface area (Å²) in [5, 5.41) is 13.5. The summed E-state index contributed by atoms with van der Waals surface area (Å²) in [6.07, 6.45) is 5.08. The number of nitrogens with one attached hydrogen (secondary N) is 1. The van der Waals surface area contributed by atoms with Gasteiger partial charge in [0.1, 0.15) is 0 Å². The van der Waals surface area contributed by atoms with Crippen molar-refractivity contribution in [3.63, 3.8) is 0 Å². The fourth-order valence-corrected chi connectivity index (χ4v) is 3.80. The number of rotatable bonds is 8. The van der Waals surface area contributed by atoms with Crippen LogP contribution in [0.2, 0.25) is 0 Å². The Hall–Kier alpha value is -0.160. The average molecular weight is 283 g/mol. The smallest absolute Gasteiger partial charge is 0.0628 e. The predicted octanol–water partition coefficient (Wildman–Crippen LogP) is 1.15. The maximum Gasteiger partial charge on any atom is 0.0628 e. The zero-order valence-electron chi connectivity index (χ0n) is 13.6. The van der Waals surface area contributed by atoms with Crippen molar-refractivity contribution in [3.05, 3.63) is 0 Å². The first-order valence-corrected chi connectivity index (χ1v) is 8.43. The van der Waals surface area contributed by atoms with Crippen molar-refractivity contribution in [2.75, 3.05) is 46.4 Å². The van der Waals surface area contributed by atoms with Gasteiger partial charge in [-0.25, -0.2) is 0 Å². The summed E-state index contributed by atoms with van der Waals surface area (Å²) in [7, 11) is 2.25. The van der Waals surface area contributed by atoms with E-state index in [0.717, 1.165) is 13.1 Å². The predicted molar refractivity (Wildman–Crippen MR) is 84.0 cm³/mol. The number of aliphatic hydroxyl groups is 1. The number of likely N-dealkylation sites (N-methyl/N-ethyl adjacent to an activating group) is 2. The molecule has 0 spiro atoms. The second-order valence-corrected chi connectivity index (χ2v) is 6.70. The second kappa shape index (κ2) is 7.21. The zero-order chi connectivity index (χ0) is 14.6. The van der Waals surface area contributed by atoms with Crippen LogP contribution in [0.1, 0.15) is 39.5 Å². The Morgan fingerprint density at radius 3 is 2.30 bits per heavy atom. The van der Waals surface area contributed by atoms with Gasteiger partial charge in [-0.1, -0.05) is 13.8 Å². The van der Waals surface area contributed by atoms with Crippen LogP contribution in [0.3, 0.4) is 0 Å². The van der Waals surface area contributed by atoms with Crippen molar-refractivity contribution < 1.29 is 5.11 Å². The molecule has 2 rings (SSSR count). The van der Waals surface area contributed by atoms with Crippen LogP contribution in [0, 0.1) is 5.92 Å². The molecule has 20 heavy (non-hydrogen) atoms. The van der Waals surface area contributed by atoms with Crippen LogP contribution in [-0.4, -0.2) is 72.9 Å². The number of piperidine rings is 1. The molecule has 0 aromatic rings. The monoisotopic (exact) mass is 283 g/mol. The summed E-state index contributed by atoms with van der Waals surface area (Å²) in [6.45, 7) is 10.2. The minimum Gasteiger partial charge on any atom is -0.394 e. The first-order chi connectivity index (χ1) is 9.65. The minimum atomic E-state index is -0.0641. The standard InChI is InChI=1S/C16H33N3O/c1-4-17-16(13-20,14-6-7-14)12-18(3)15-8-10-19(5-2)11-9-15/h14-15,17,20H,4-13H2,1-3H3. The molecule has 2 aliphatic rings. The highest BCUT2D eigenvalue weighted by Crippen LogP contribution is 2.40. The first kappa shape index (κ1) is 16.2. The van der Waals surface area contributed by atoms with Gasteiger partial charge in [0, 0.05) is 12.6 Å². The third-order valence-corrected chi connectivity index (χ3v) is 5.33. The zero-order valence-corrected chi connectivity index (χ0v) is 13.6. The third kappa shape index (κ3) is 3.73. The summed E-state index contributed by atoms with van der Waals surface area (Å²) in [4.78, 5) is 5.04. The molecule has 1 unspecified atom stereocenters. The Labute approximate surface area is 124 Å². The first-order valence-electron chi connectivity index (χ1n) is 8.43. The van der Waals surface area contributed by atoms with Gasteiger partial charge < -0.3 is 20.2 Å². The molecule has 1 heterocycles. The molecule has 1 aliphatic carbocycles. The average Bonchev–Trinajstić information content (AvgIpc) is 3.31. The molecule has 0 radical (unpaired) electrons. The second-order valence-electron chi connectivity index (χ2n) is 6.70. The lowest BCUT2D eigenvalue weighted by atomic mass is 9.91. The molecule has 0 bridgehead atoms. The van der Waals surface area contributed by atoms with Crippen molar-refractivity contribution in [3.8, 4) is 0 Å². The van der Waals surface area contributed by atoms with E-state index in [1.807, 2.05) is 0 Å². The van der Waals surface area contributed by atoms with E-state index >= 15 is 0 Å². The van der Waals surface area contributed by atoms with Gasteiger partial charge in [0.15, 0.2) is 0 Å². The van der Waals surface area contributed by atoms with Crippen molar-refractivity contribution in [2.45, 2.75) is 51.1 Å². The summed E-state index contributed by atoms with van der Waals surface area (Å²) in [5.74, 6) is 0.672. The molecule has 4 heteroatoms. The molecule has 1 aliphatic heterocycles. The molecule has 118 valence electrons. The Kier molecular flexibility index (Phi) is 5.84. The van der Waals surface area contributed by atoms with Gasteiger partial charge in [0.05, 0.1) is 12.1 Å². The number of hydrogen-bond donors (Lipinski definition) is 2. The van der Waals surface area contributed by atoms with Crippen LogP contribution in [0.25, 0.3) is 0 Å². The van der Waals surface area contributed by atoms with E-state index in [9.17, 15) is 5.11 Å². The summed E-state index contributed by atoms with van der Waals surface area (Å²) < 4.78 is 0. The third-order valence-electron chi connectivity index (χ3n) is 5.33. The highest BCUT2D eigenvalue weighted by atomic mass is 16.3. The van der Waals surface area contributed by atoms with Gasteiger partial charge in [-0.3, -0.25) is 0 Å². The van der Waals surface area contributed by atoms with Gasteiger partial charge in [-0.15, -0.1) is 0 Å². The van der Waals surface area contributed by atoms with Crippen molar-refractivity contribution in [1.29, 1.82) is 0 Å². The highest BCUT2D eigenvalue weighted by molar-refractivity contribution is 5.03. The van der Waals surface area contributed by atoms with E-state index in [1.165, 1.54) is 45.3 Å². The quantitative estimate of drug-likeness (QED) is 0.701. The van der Waals surface area contributed by atoms with E-state index < -0.39 is 0 Å². The SMILES string of the molecule is CCNC(CO)(CN(C)C1CCN(CC)CC1)C1CC1. The molecule has 0 aromatic carbocycles. The lowest BCUT2D eigenvalue weighted by Crippen LogP contribution is -2.59. The normalized spacial score (nSPS) is 25.1. The van der Waals surface area contributed by atoms with Gasteiger partial charge >= 0.3 is 0 Å². The number of hydrogen-bond acceptors (Lipinski definition) is 4. The molecule has 1 saturated carbocycles. The minimum absolute atomic E-state index is 0.0641. The largest absolute Gasteiger partial charge is 0.394 e. The van der Waals surface area contributed by atoms with Gasteiger partial charge in [0.25, 0.3) is 0 Å². The maximum absolute atomic E-state index is 9.95. The van der Waals surface area contributed by atoms with Crippen LogP contribution in [0.5, 0.6) is 0 Å². The van der Waals surface area contributed by atoms with E-state index in [2.05, 4.69) is 36.0 Å². The molecular weight excluding hydrogens is 250 g/mol. The van der Waals surface area contributed by atoms with Crippen LogP contribution >= 0.6 is 0 Å². The lowest BCUT2D eigenvalue weighted by molar-refractivity contribution is 0.0630. The molecule has 0 aromatic heterocycles. The van der Waals surface area contributed by atoms with Crippen molar-refractivity contribution in [2.24, 2.45) is 5.92 Å². The van der Waals surface area contributed by atoms with E-state index in [-0.39, 0.29) is 12.1 Å². The Morgan fingerprint density at radius 2 is 1.85 bits per heavy atom. The topological polar surface area (TPSA) is 38.7 Å².